The predicted molar refractivity (Wildman–Crippen MR) is 76.7 cm³/mol. The second kappa shape index (κ2) is 6.47. The Morgan fingerprint density at radius 3 is 2.47 bits per heavy atom. The highest BCUT2D eigenvalue weighted by atomic mass is 16.6. The van der Waals surface area contributed by atoms with Gasteiger partial charge in [-0.1, -0.05) is 0 Å². The number of likely N-dealkylation sites (N-methyl/N-ethyl adjacent to an activating group) is 1. The van der Waals surface area contributed by atoms with Crippen LogP contribution in [0, 0.1) is 17.0 Å². The summed E-state index contributed by atoms with van der Waals surface area (Å²) >= 11 is 0. The Kier molecular flexibility index (Phi) is 5.23. The predicted octanol–water partition coefficient (Wildman–Crippen LogP) is 2.07. The van der Waals surface area contributed by atoms with Crippen molar-refractivity contribution in [2.24, 2.45) is 0 Å². The van der Waals surface area contributed by atoms with Gasteiger partial charge in [0, 0.05) is 31.4 Å². The van der Waals surface area contributed by atoms with E-state index in [1.165, 1.54) is 0 Å². The van der Waals surface area contributed by atoms with Crippen LogP contribution in [0.15, 0.2) is 12.3 Å². The molecule has 0 saturated heterocycles. The van der Waals surface area contributed by atoms with Crippen molar-refractivity contribution >= 4 is 11.5 Å². The first-order valence-electron chi connectivity index (χ1n) is 6.35. The SMILES string of the molecule is Cc1cnc(N(CCN(C)C)C(C)C)c([N+](=O)[O-])c1. The molecule has 0 aliphatic heterocycles. The quantitative estimate of drug-likeness (QED) is 0.582. The number of aromatic nitrogens is 1. The molecule has 1 rings (SSSR count). The number of hydrogen-bond donors (Lipinski definition) is 0. The lowest BCUT2D eigenvalue weighted by molar-refractivity contribution is -0.384. The molecule has 0 aliphatic carbocycles. The Morgan fingerprint density at radius 1 is 1.37 bits per heavy atom. The number of rotatable bonds is 6. The summed E-state index contributed by atoms with van der Waals surface area (Å²) in [5, 5.41) is 11.2. The van der Waals surface area contributed by atoms with Gasteiger partial charge in [0.15, 0.2) is 0 Å². The van der Waals surface area contributed by atoms with Crippen LogP contribution in [0.5, 0.6) is 0 Å². The molecule has 0 bridgehead atoms. The minimum atomic E-state index is -0.361. The maximum atomic E-state index is 11.2. The van der Waals surface area contributed by atoms with E-state index in [0.29, 0.717) is 12.4 Å². The molecular weight excluding hydrogens is 244 g/mol. The van der Waals surface area contributed by atoms with Gasteiger partial charge < -0.3 is 9.80 Å². The van der Waals surface area contributed by atoms with Gasteiger partial charge in [0.05, 0.1) is 4.92 Å². The molecule has 0 spiro atoms. The van der Waals surface area contributed by atoms with Crippen molar-refractivity contribution in [3.63, 3.8) is 0 Å². The molecule has 0 aromatic carbocycles. The lowest BCUT2D eigenvalue weighted by Crippen LogP contribution is -2.37. The average Bonchev–Trinajstić information content (AvgIpc) is 2.29. The number of pyridine rings is 1. The molecule has 0 saturated carbocycles. The van der Waals surface area contributed by atoms with E-state index in [1.54, 1.807) is 12.3 Å². The zero-order valence-electron chi connectivity index (χ0n) is 12.3. The number of nitro groups is 1. The van der Waals surface area contributed by atoms with Gasteiger partial charge in [-0.05, 0) is 40.4 Å². The normalized spacial score (nSPS) is 11.1. The summed E-state index contributed by atoms with van der Waals surface area (Å²) in [6.07, 6.45) is 1.67. The van der Waals surface area contributed by atoms with Crippen molar-refractivity contribution < 1.29 is 4.92 Å². The van der Waals surface area contributed by atoms with E-state index >= 15 is 0 Å². The summed E-state index contributed by atoms with van der Waals surface area (Å²) in [5.74, 6) is 0.451. The first-order valence-corrected chi connectivity index (χ1v) is 6.35. The van der Waals surface area contributed by atoms with Crippen molar-refractivity contribution in [2.75, 3.05) is 32.1 Å². The molecule has 1 heterocycles. The number of aryl methyl sites for hydroxylation is 1. The fourth-order valence-electron chi connectivity index (χ4n) is 1.82. The Bertz CT molecular complexity index is 446. The lowest BCUT2D eigenvalue weighted by atomic mass is 10.2. The highest BCUT2D eigenvalue weighted by Crippen LogP contribution is 2.27. The van der Waals surface area contributed by atoms with Crippen LogP contribution in [0.3, 0.4) is 0 Å². The van der Waals surface area contributed by atoms with E-state index < -0.39 is 0 Å². The molecule has 6 heteroatoms. The fourth-order valence-corrected chi connectivity index (χ4v) is 1.82. The average molecular weight is 266 g/mol. The van der Waals surface area contributed by atoms with Crippen LogP contribution < -0.4 is 4.90 Å². The lowest BCUT2D eigenvalue weighted by Gasteiger charge is -2.28. The molecule has 0 atom stereocenters. The monoisotopic (exact) mass is 266 g/mol. The van der Waals surface area contributed by atoms with Crippen molar-refractivity contribution in [2.45, 2.75) is 26.8 Å². The third-order valence-electron chi connectivity index (χ3n) is 2.86. The van der Waals surface area contributed by atoms with Crippen LogP contribution in [0.4, 0.5) is 11.5 Å². The summed E-state index contributed by atoms with van der Waals surface area (Å²) < 4.78 is 0. The molecular formula is C13H22N4O2. The Hall–Kier alpha value is -1.69. The minimum absolute atomic E-state index is 0.0763. The first kappa shape index (κ1) is 15.4. The van der Waals surface area contributed by atoms with Gasteiger partial charge >= 0.3 is 5.69 Å². The van der Waals surface area contributed by atoms with Gasteiger partial charge in [0.2, 0.25) is 5.82 Å². The Balaban J connectivity index is 3.11. The molecule has 6 nitrogen and oxygen atoms in total. The van der Waals surface area contributed by atoms with Gasteiger partial charge in [-0.3, -0.25) is 10.1 Å². The molecule has 19 heavy (non-hydrogen) atoms. The summed E-state index contributed by atoms with van der Waals surface area (Å²) in [5.41, 5.74) is 0.874. The maximum absolute atomic E-state index is 11.2. The molecule has 0 N–H and O–H groups in total. The Labute approximate surface area is 114 Å². The summed E-state index contributed by atoms with van der Waals surface area (Å²) in [4.78, 5) is 19.1. The summed E-state index contributed by atoms with van der Waals surface area (Å²) in [7, 11) is 3.96. The molecule has 0 amide bonds. The smallest absolute Gasteiger partial charge is 0.311 e. The highest BCUT2D eigenvalue weighted by molar-refractivity contribution is 5.59. The standard InChI is InChI=1S/C13H22N4O2/c1-10(2)16(7-6-15(4)5)13-12(17(18)19)8-11(3)9-14-13/h8-10H,6-7H2,1-5H3. The summed E-state index contributed by atoms with van der Waals surface area (Å²) in [6.45, 7) is 7.37. The van der Waals surface area contributed by atoms with Gasteiger partial charge in [-0.2, -0.15) is 0 Å². The zero-order chi connectivity index (χ0) is 14.6. The maximum Gasteiger partial charge on any atom is 0.311 e. The fraction of sp³-hybridized carbons (Fsp3) is 0.615. The van der Waals surface area contributed by atoms with Crippen LogP contribution in [-0.4, -0.2) is 48.0 Å². The van der Waals surface area contributed by atoms with E-state index in [9.17, 15) is 10.1 Å². The van der Waals surface area contributed by atoms with Crippen molar-refractivity contribution in [1.29, 1.82) is 0 Å². The summed E-state index contributed by atoms with van der Waals surface area (Å²) in [6, 6.07) is 1.74. The van der Waals surface area contributed by atoms with Crippen molar-refractivity contribution in [3.05, 3.63) is 27.9 Å². The van der Waals surface area contributed by atoms with E-state index in [0.717, 1.165) is 12.1 Å². The van der Waals surface area contributed by atoms with Gasteiger partial charge in [0.1, 0.15) is 0 Å². The first-order chi connectivity index (χ1) is 8.82. The third kappa shape index (κ3) is 4.17. The molecule has 1 aromatic rings. The Morgan fingerprint density at radius 2 is 2.00 bits per heavy atom. The van der Waals surface area contributed by atoms with Gasteiger partial charge in [-0.15, -0.1) is 0 Å². The largest absolute Gasteiger partial charge is 0.347 e. The van der Waals surface area contributed by atoms with Crippen LogP contribution in [-0.2, 0) is 0 Å². The number of anilines is 1. The van der Waals surface area contributed by atoms with Crippen molar-refractivity contribution in [1.82, 2.24) is 9.88 Å². The van der Waals surface area contributed by atoms with E-state index in [4.69, 9.17) is 0 Å². The van der Waals surface area contributed by atoms with E-state index in [2.05, 4.69) is 9.88 Å². The topological polar surface area (TPSA) is 62.5 Å². The van der Waals surface area contributed by atoms with Crippen LogP contribution >= 0.6 is 0 Å². The van der Waals surface area contributed by atoms with Gasteiger partial charge in [0.25, 0.3) is 0 Å². The molecule has 0 aliphatic rings. The number of nitrogens with zero attached hydrogens (tertiary/aromatic N) is 4. The third-order valence-corrected chi connectivity index (χ3v) is 2.86. The highest BCUT2D eigenvalue weighted by Gasteiger charge is 2.23. The van der Waals surface area contributed by atoms with E-state index in [1.807, 2.05) is 39.8 Å². The molecule has 1 aromatic heterocycles. The molecule has 0 unspecified atom stereocenters. The second-order valence-electron chi connectivity index (χ2n) is 5.20. The van der Waals surface area contributed by atoms with Crippen LogP contribution in [0.1, 0.15) is 19.4 Å². The van der Waals surface area contributed by atoms with Crippen LogP contribution in [0.2, 0.25) is 0 Å². The van der Waals surface area contributed by atoms with Crippen molar-refractivity contribution in [3.8, 4) is 0 Å². The second-order valence-corrected chi connectivity index (χ2v) is 5.20. The molecule has 106 valence electrons. The van der Waals surface area contributed by atoms with Gasteiger partial charge in [-0.25, -0.2) is 4.98 Å². The van der Waals surface area contributed by atoms with E-state index in [-0.39, 0.29) is 16.7 Å². The van der Waals surface area contributed by atoms with Crippen LogP contribution in [0.25, 0.3) is 0 Å². The zero-order valence-corrected chi connectivity index (χ0v) is 12.3. The minimum Gasteiger partial charge on any atom is -0.347 e. The molecule has 0 radical (unpaired) electrons. The molecule has 0 fully saturated rings. The number of hydrogen-bond acceptors (Lipinski definition) is 5.